The molecule has 0 saturated heterocycles. The molecule has 3 aromatic carbocycles. The third-order valence-corrected chi connectivity index (χ3v) is 3.69. The smallest absolute Gasteiger partial charge is 0.339 e. The van der Waals surface area contributed by atoms with Crippen molar-refractivity contribution in [3.05, 3.63) is 59.7 Å². The first-order chi connectivity index (χ1) is 11.2. The average Bonchev–Trinajstić information content (AvgIpc) is 2.49. The summed E-state index contributed by atoms with van der Waals surface area (Å²) < 4.78 is 5.35. The molecule has 122 valence electrons. The van der Waals surface area contributed by atoms with Gasteiger partial charge < -0.3 is 9.84 Å². The molecule has 0 bridgehead atoms. The molecule has 0 aliphatic heterocycles. The van der Waals surface area contributed by atoms with Crippen LogP contribution in [0.15, 0.2) is 48.5 Å². The molecule has 0 unspecified atom stereocenters. The minimum absolute atomic E-state index is 0.0490. The fraction of sp³-hybridized carbons (Fsp3) is 0.200. The maximum atomic E-state index is 12.4. The van der Waals surface area contributed by atoms with Crippen LogP contribution in [0.25, 0.3) is 21.5 Å². The molecule has 4 heteroatoms. The second-order valence-electron chi connectivity index (χ2n) is 6.75. The van der Waals surface area contributed by atoms with Gasteiger partial charge in [-0.2, -0.15) is 0 Å². The molecular formula is C20H18O4. The zero-order chi connectivity index (χ0) is 17.5. The van der Waals surface area contributed by atoms with Gasteiger partial charge in [-0.25, -0.2) is 9.59 Å². The Morgan fingerprint density at radius 1 is 0.833 bits per heavy atom. The molecule has 0 aliphatic rings. The zero-order valence-electron chi connectivity index (χ0n) is 13.8. The van der Waals surface area contributed by atoms with Crippen LogP contribution in [0.4, 0.5) is 0 Å². The van der Waals surface area contributed by atoms with E-state index in [1.165, 1.54) is 6.07 Å². The first-order valence-electron chi connectivity index (χ1n) is 7.68. The van der Waals surface area contributed by atoms with Crippen LogP contribution in [-0.4, -0.2) is 22.6 Å². The third kappa shape index (κ3) is 3.08. The lowest BCUT2D eigenvalue weighted by atomic mass is 9.97. The number of fused-ring (bicyclic) bond motifs is 2. The van der Waals surface area contributed by atoms with E-state index in [2.05, 4.69) is 0 Å². The lowest BCUT2D eigenvalue weighted by molar-refractivity contribution is 0.00660. The fourth-order valence-corrected chi connectivity index (χ4v) is 2.67. The van der Waals surface area contributed by atoms with Gasteiger partial charge in [-0.3, -0.25) is 0 Å². The van der Waals surface area contributed by atoms with Gasteiger partial charge in [0.15, 0.2) is 0 Å². The van der Waals surface area contributed by atoms with Crippen LogP contribution >= 0.6 is 0 Å². The predicted molar refractivity (Wildman–Crippen MR) is 93.6 cm³/mol. The SMILES string of the molecule is CC(C)(C)OC(=O)c1cc2cc3ccccc3cc2cc1C(=O)O. The minimum atomic E-state index is -1.15. The highest BCUT2D eigenvalue weighted by Gasteiger charge is 2.23. The van der Waals surface area contributed by atoms with Crippen LogP contribution in [0.1, 0.15) is 41.5 Å². The number of carboxylic acid groups (broad SMARTS) is 1. The molecule has 0 fully saturated rings. The van der Waals surface area contributed by atoms with Gasteiger partial charge in [0.25, 0.3) is 0 Å². The molecule has 0 saturated carbocycles. The van der Waals surface area contributed by atoms with Crippen molar-refractivity contribution in [1.82, 2.24) is 0 Å². The first kappa shape index (κ1) is 16.0. The summed E-state index contributed by atoms with van der Waals surface area (Å²) in [6, 6.07) is 14.8. The van der Waals surface area contributed by atoms with E-state index in [-0.39, 0.29) is 11.1 Å². The third-order valence-electron chi connectivity index (χ3n) is 3.69. The second kappa shape index (κ2) is 5.64. The van der Waals surface area contributed by atoms with Crippen LogP contribution in [0, 0.1) is 0 Å². The van der Waals surface area contributed by atoms with E-state index in [0.717, 1.165) is 21.5 Å². The summed E-state index contributed by atoms with van der Waals surface area (Å²) >= 11 is 0. The Balaban J connectivity index is 2.23. The van der Waals surface area contributed by atoms with Gasteiger partial charge in [0.1, 0.15) is 5.60 Å². The van der Waals surface area contributed by atoms with Gasteiger partial charge >= 0.3 is 11.9 Å². The van der Waals surface area contributed by atoms with Crippen LogP contribution in [0.2, 0.25) is 0 Å². The standard InChI is InChI=1S/C20H18O4/c1-20(2,3)24-19(23)17-11-15-9-13-7-5-4-6-12(13)8-14(15)10-16(17)18(21)22/h4-11H,1-3H3,(H,21,22). The Hall–Kier alpha value is -2.88. The number of benzene rings is 3. The average molecular weight is 322 g/mol. The number of esters is 1. The van der Waals surface area contributed by atoms with Crippen LogP contribution in [0.5, 0.6) is 0 Å². The quantitative estimate of drug-likeness (QED) is 0.551. The summed E-state index contributed by atoms with van der Waals surface area (Å²) in [5, 5.41) is 13.1. The molecule has 0 spiro atoms. The van der Waals surface area contributed by atoms with Gasteiger partial charge in [-0.15, -0.1) is 0 Å². The normalized spacial score (nSPS) is 11.6. The van der Waals surface area contributed by atoms with Crippen LogP contribution < -0.4 is 0 Å². The van der Waals surface area contributed by atoms with Crippen molar-refractivity contribution < 1.29 is 19.4 Å². The molecule has 3 aromatic rings. The molecule has 0 aromatic heterocycles. The second-order valence-corrected chi connectivity index (χ2v) is 6.75. The van der Waals surface area contributed by atoms with Crippen molar-refractivity contribution in [2.24, 2.45) is 0 Å². The Bertz CT molecular complexity index is 964. The van der Waals surface area contributed by atoms with Crippen molar-refractivity contribution in [1.29, 1.82) is 0 Å². The number of aromatic carboxylic acids is 1. The number of ether oxygens (including phenoxy) is 1. The van der Waals surface area contributed by atoms with Crippen molar-refractivity contribution in [2.75, 3.05) is 0 Å². The number of hydrogen-bond acceptors (Lipinski definition) is 3. The highest BCUT2D eigenvalue weighted by atomic mass is 16.6. The molecular weight excluding hydrogens is 304 g/mol. The number of carbonyl (C=O) groups excluding carboxylic acids is 1. The minimum Gasteiger partial charge on any atom is -0.478 e. The zero-order valence-corrected chi connectivity index (χ0v) is 13.8. The monoisotopic (exact) mass is 322 g/mol. The van der Waals surface area contributed by atoms with Gasteiger partial charge in [0, 0.05) is 0 Å². The van der Waals surface area contributed by atoms with Crippen molar-refractivity contribution in [3.63, 3.8) is 0 Å². The molecule has 0 heterocycles. The molecule has 24 heavy (non-hydrogen) atoms. The summed E-state index contributed by atoms with van der Waals surface area (Å²) in [6.45, 7) is 5.25. The summed E-state index contributed by atoms with van der Waals surface area (Å²) in [5.41, 5.74) is -0.669. The first-order valence-corrected chi connectivity index (χ1v) is 7.68. The lowest BCUT2D eigenvalue weighted by Crippen LogP contribution is -2.25. The predicted octanol–water partition coefficient (Wildman–Crippen LogP) is 4.65. The van der Waals surface area contributed by atoms with Gasteiger partial charge in [-0.1, -0.05) is 24.3 Å². The van der Waals surface area contributed by atoms with E-state index < -0.39 is 17.5 Å². The van der Waals surface area contributed by atoms with Crippen molar-refractivity contribution >= 4 is 33.5 Å². The Morgan fingerprint density at radius 3 is 1.79 bits per heavy atom. The van der Waals surface area contributed by atoms with Crippen LogP contribution in [-0.2, 0) is 4.74 Å². The Labute approximate surface area is 139 Å². The van der Waals surface area contributed by atoms with E-state index in [4.69, 9.17) is 4.74 Å². The summed E-state index contributed by atoms with van der Waals surface area (Å²) in [7, 11) is 0. The largest absolute Gasteiger partial charge is 0.478 e. The summed E-state index contributed by atoms with van der Waals surface area (Å²) in [4.78, 5) is 24.0. The molecule has 0 amide bonds. The highest BCUT2D eigenvalue weighted by Crippen LogP contribution is 2.27. The Morgan fingerprint density at radius 2 is 1.33 bits per heavy atom. The van der Waals surface area contributed by atoms with E-state index in [1.54, 1.807) is 26.8 Å². The Kier molecular flexibility index (Phi) is 3.76. The van der Waals surface area contributed by atoms with E-state index in [1.807, 2.05) is 36.4 Å². The maximum Gasteiger partial charge on any atom is 0.339 e. The van der Waals surface area contributed by atoms with Crippen LogP contribution in [0.3, 0.4) is 0 Å². The number of rotatable bonds is 2. The van der Waals surface area contributed by atoms with Gasteiger partial charge in [0.05, 0.1) is 11.1 Å². The van der Waals surface area contributed by atoms with Crippen molar-refractivity contribution in [2.45, 2.75) is 26.4 Å². The number of carboxylic acids is 1. The van der Waals surface area contributed by atoms with E-state index in [0.29, 0.717) is 0 Å². The number of carbonyl (C=O) groups is 2. The summed E-state index contributed by atoms with van der Waals surface area (Å²) in [6.07, 6.45) is 0. The summed E-state index contributed by atoms with van der Waals surface area (Å²) in [5.74, 6) is -1.78. The van der Waals surface area contributed by atoms with E-state index >= 15 is 0 Å². The van der Waals surface area contributed by atoms with E-state index in [9.17, 15) is 14.7 Å². The van der Waals surface area contributed by atoms with Gasteiger partial charge in [0.2, 0.25) is 0 Å². The molecule has 0 atom stereocenters. The topological polar surface area (TPSA) is 63.6 Å². The molecule has 0 aliphatic carbocycles. The fourth-order valence-electron chi connectivity index (χ4n) is 2.67. The molecule has 1 N–H and O–H groups in total. The molecule has 4 nitrogen and oxygen atoms in total. The molecule has 3 rings (SSSR count). The maximum absolute atomic E-state index is 12.4. The van der Waals surface area contributed by atoms with Gasteiger partial charge in [-0.05, 0) is 66.6 Å². The highest BCUT2D eigenvalue weighted by molar-refractivity contribution is 6.09. The lowest BCUT2D eigenvalue weighted by Gasteiger charge is -2.20. The van der Waals surface area contributed by atoms with Crippen molar-refractivity contribution in [3.8, 4) is 0 Å². The molecule has 0 radical (unpaired) electrons. The number of hydrogen-bond donors (Lipinski definition) is 1.